The number of benzene rings is 1. The molecule has 0 spiro atoms. The van der Waals surface area contributed by atoms with Crippen LogP contribution in [0.15, 0.2) is 36.5 Å². The number of anilines is 1. The second-order valence-electron chi connectivity index (χ2n) is 5.51. The number of aryl methyl sites for hydroxylation is 2. The summed E-state index contributed by atoms with van der Waals surface area (Å²) in [5.74, 6) is 1.62. The lowest BCUT2D eigenvalue weighted by Gasteiger charge is -2.05. The van der Waals surface area contributed by atoms with Gasteiger partial charge in [-0.05, 0) is 43.5 Å². The first kappa shape index (κ1) is 15.9. The average Bonchev–Trinajstić information content (AvgIpc) is 2.97. The minimum atomic E-state index is -0.0848. The molecule has 0 radical (unpaired) electrons. The Balaban J connectivity index is 1.53. The highest BCUT2D eigenvalue weighted by atomic mass is 16.5. The fourth-order valence-electron chi connectivity index (χ4n) is 2.39. The summed E-state index contributed by atoms with van der Waals surface area (Å²) >= 11 is 0. The van der Waals surface area contributed by atoms with Crippen LogP contribution in [0.2, 0.25) is 0 Å². The van der Waals surface area contributed by atoms with Gasteiger partial charge in [-0.3, -0.25) is 14.5 Å². The minimum absolute atomic E-state index is 0.0848. The normalized spacial score (nSPS) is 10.8. The van der Waals surface area contributed by atoms with Crippen molar-refractivity contribution in [2.45, 2.75) is 26.2 Å². The second-order valence-corrected chi connectivity index (χ2v) is 5.51. The molecule has 0 unspecified atom stereocenters. The van der Waals surface area contributed by atoms with Gasteiger partial charge in [0.25, 0.3) is 5.78 Å². The number of aromatic nitrogens is 4. The zero-order valence-corrected chi connectivity index (χ0v) is 13.7. The predicted octanol–water partition coefficient (Wildman–Crippen LogP) is 2.40. The van der Waals surface area contributed by atoms with E-state index in [1.165, 1.54) is 5.56 Å². The fourth-order valence-corrected chi connectivity index (χ4v) is 2.39. The third-order valence-electron chi connectivity index (χ3n) is 3.70. The van der Waals surface area contributed by atoms with Crippen LogP contribution in [0.1, 0.15) is 24.1 Å². The monoisotopic (exact) mass is 325 g/mol. The Morgan fingerprint density at radius 2 is 2.00 bits per heavy atom. The summed E-state index contributed by atoms with van der Waals surface area (Å²) in [6.45, 7) is 1.88. The molecule has 2 heterocycles. The van der Waals surface area contributed by atoms with E-state index in [4.69, 9.17) is 4.74 Å². The lowest BCUT2D eigenvalue weighted by Crippen LogP contribution is -2.14. The molecule has 1 N–H and O–H groups in total. The molecule has 0 aliphatic heterocycles. The molecule has 0 bridgehead atoms. The molecule has 0 saturated carbocycles. The molecule has 24 heavy (non-hydrogen) atoms. The van der Waals surface area contributed by atoms with Crippen LogP contribution in [0.25, 0.3) is 5.78 Å². The molecule has 3 rings (SSSR count). The second kappa shape index (κ2) is 7.08. The summed E-state index contributed by atoms with van der Waals surface area (Å²) in [6.07, 6.45) is 3.80. The number of hydrogen-bond donors (Lipinski definition) is 1. The highest BCUT2D eigenvalue weighted by Crippen LogP contribution is 2.13. The summed E-state index contributed by atoms with van der Waals surface area (Å²) in [6, 6.07) is 9.71. The van der Waals surface area contributed by atoms with Gasteiger partial charge in [-0.2, -0.15) is 0 Å². The lowest BCUT2D eigenvalue weighted by molar-refractivity contribution is -0.116. The molecule has 124 valence electrons. The molecule has 7 heteroatoms. The van der Waals surface area contributed by atoms with Gasteiger partial charge >= 0.3 is 0 Å². The van der Waals surface area contributed by atoms with Crippen LogP contribution < -0.4 is 10.1 Å². The molecule has 7 nitrogen and oxygen atoms in total. The Morgan fingerprint density at radius 1 is 1.21 bits per heavy atom. The Bertz CT molecular complexity index is 842. The number of ether oxygens (including phenoxy) is 1. The number of nitrogens with zero attached hydrogens (tertiary/aromatic N) is 4. The van der Waals surface area contributed by atoms with Crippen molar-refractivity contribution >= 4 is 17.6 Å². The van der Waals surface area contributed by atoms with Crippen molar-refractivity contribution in [3.05, 3.63) is 47.8 Å². The first-order valence-electron chi connectivity index (χ1n) is 7.77. The van der Waals surface area contributed by atoms with Gasteiger partial charge in [0.1, 0.15) is 5.75 Å². The fraction of sp³-hybridized carbons (Fsp3) is 0.294. The number of rotatable bonds is 6. The molecule has 1 aromatic carbocycles. The van der Waals surface area contributed by atoms with Crippen LogP contribution in [0, 0.1) is 6.92 Å². The van der Waals surface area contributed by atoms with E-state index in [2.05, 4.69) is 20.5 Å². The van der Waals surface area contributed by atoms with Gasteiger partial charge in [0, 0.05) is 18.3 Å². The number of carbonyl (C=O) groups is 1. The van der Waals surface area contributed by atoms with Gasteiger partial charge in [0.05, 0.1) is 7.11 Å². The maximum absolute atomic E-state index is 12.1. The van der Waals surface area contributed by atoms with Crippen molar-refractivity contribution in [1.82, 2.24) is 19.6 Å². The third-order valence-corrected chi connectivity index (χ3v) is 3.70. The van der Waals surface area contributed by atoms with Crippen molar-refractivity contribution < 1.29 is 9.53 Å². The highest BCUT2D eigenvalue weighted by Gasteiger charge is 2.10. The lowest BCUT2D eigenvalue weighted by atomic mass is 10.1. The van der Waals surface area contributed by atoms with E-state index < -0.39 is 0 Å². The van der Waals surface area contributed by atoms with E-state index >= 15 is 0 Å². The number of carbonyl (C=O) groups excluding carboxylic acids is 1. The van der Waals surface area contributed by atoms with Crippen LogP contribution in [0.4, 0.5) is 5.95 Å². The van der Waals surface area contributed by atoms with Gasteiger partial charge in [0.2, 0.25) is 11.9 Å². The van der Waals surface area contributed by atoms with Crippen molar-refractivity contribution in [3.8, 4) is 5.75 Å². The standard InChI is InChI=1S/C17H19N5O2/c1-12-10-11-22-16(18-12)20-21-17(22)19-15(23)5-3-4-13-6-8-14(24-2)9-7-13/h6-11H,3-5H2,1-2H3,(H,19,21,23). The number of fused-ring (bicyclic) bond motifs is 1. The first-order chi connectivity index (χ1) is 11.7. The Kier molecular flexibility index (Phi) is 4.69. The van der Waals surface area contributed by atoms with E-state index in [0.29, 0.717) is 18.1 Å². The Labute approximate surface area is 139 Å². The van der Waals surface area contributed by atoms with Gasteiger partial charge in [-0.25, -0.2) is 4.98 Å². The van der Waals surface area contributed by atoms with E-state index in [0.717, 1.165) is 24.3 Å². The summed E-state index contributed by atoms with van der Waals surface area (Å²) in [5, 5.41) is 10.7. The van der Waals surface area contributed by atoms with Crippen LogP contribution in [0.3, 0.4) is 0 Å². The summed E-state index contributed by atoms with van der Waals surface area (Å²) < 4.78 is 6.79. The summed E-state index contributed by atoms with van der Waals surface area (Å²) in [4.78, 5) is 16.3. The average molecular weight is 325 g/mol. The first-order valence-corrected chi connectivity index (χ1v) is 7.77. The number of methoxy groups -OCH3 is 1. The molecule has 0 saturated heterocycles. The van der Waals surface area contributed by atoms with Gasteiger partial charge in [-0.15, -0.1) is 10.2 Å². The van der Waals surface area contributed by atoms with Crippen molar-refractivity contribution in [2.75, 3.05) is 12.4 Å². The molecule has 0 fully saturated rings. The minimum Gasteiger partial charge on any atom is -0.497 e. The van der Waals surface area contributed by atoms with E-state index in [9.17, 15) is 4.79 Å². The number of amides is 1. The van der Waals surface area contributed by atoms with E-state index in [-0.39, 0.29) is 5.91 Å². The van der Waals surface area contributed by atoms with Crippen LogP contribution in [-0.2, 0) is 11.2 Å². The van der Waals surface area contributed by atoms with Gasteiger partial charge in [-0.1, -0.05) is 12.1 Å². The largest absolute Gasteiger partial charge is 0.497 e. The van der Waals surface area contributed by atoms with Gasteiger partial charge < -0.3 is 4.74 Å². The van der Waals surface area contributed by atoms with E-state index in [1.54, 1.807) is 17.7 Å². The third kappa shape index (κ3) is 3.68. The quantitative estimate of drug-likeness (QED) is 0.752. The molecule has 3 aromatic rings. The molecule has 2 aromatic heterocycles. The molecule has 0 aliphatic rings. The van der Waals surface area contributed by atoms with Crippen molar-refractivity contribution in [3.63, 3.8) is 0 Å². The van der Waals surface area contributed by atoms with Crippen LogP contribution in [0.5, 0.6) is 5.75 Å². The van der Waals surface area contributed by atoms with E-state index in [1.807, 2.05) is 37.3 Å². The topological polar surface area (TPSA) is 81.4 Å². The smallest absolute Gasteiger partial charge is 0.256 e. The highest BCUT2D eigenvalue weighted by molar-refractivity contribution is 5.89. The summed E-state index contributed by atoms with van der Waals surface area (Å²) in [5.41, 5.74) is 2.03. The zero-order chi connectivity index (χ0) is 16.9. The van der Waals surface area contributed by atoms with Crippen molar-refractivity contribution in [2.24, 2.45) is 0 Å². The SMILES string of the molecule is COc1ccc(CCCC(=O)Nc2nnc3nc(C)ccn23)cc1. The van der Waals surface area contributed by atoms with Crippen LogP contribution >= 0.6 is 0 Å². The van der Waals surface area contributed by atoms with Gasteiger partial charge in [0.15, 0.2) is 0 Å². The number of hydrogen-bond acceptors (Lipinski definition) is 5. The Morgan fingerprint density at radius 3 is 2.75 bits per heavy atom. The maximum Gasteiger partial charge on any atom is 0.256 e. The zero-order valence-electron chi connectivity index (χ0n) is 13.7. The van der Waals surface area contributed by atoms with Crippen LogP contribution in [-0.4, -0.2) is 32.6 Å². The molecule has 1 amide bonds. The predicted molar refractivity (Wildman–Crippen MR) is 90.1 cm³/mol. The molecular weight excluding hydrogens is 306 g/mol. The molecule has 0 atom stereocenters. The Hall–Kier alpha value is -2.96. The summed E-state index contributed by atoms with van der Waals surface area (Å²) in [7, 11) is 1.64. The van der Waals surface area contributed by atoms with Crippen molar-refractivity contribution in [1.29, 1.82) is 0 Å². The molecular formula is C17H19N5O2. The number of nitrogens with one attached hydrogen (secondary N) is 1. The molecule has 0 aliphatic carbocycles. The maximum atomic E-state index is 12.1.